The van der Waals surface area contributed by atoms with Gasteiger partial charge in [0.1, 0.15) is 0 Å². The Morgan fingerprint density at radius 1 is 1.57 bits per heavy atom. The molecule has 0 aliphatic rings. The SMILES string of the molecule is [C-]#[N+]C(CNC)C(=O)OCCC(C)C. The fourth-order valence-corrected chi connectivity index (χ4v) is 0.866. The molecule has 0 spiro atoms. The molecular weight excluding hydrogens is 180 g/mol. The van der Waals surface area contributed by atoms with Crippen LogP contribution in [0.25, 0.3) is 4.85 Å². The smallest absolute Gasteiger partial charge is 0.391 e. The minimum Gasteiger partial charge on any atom is -0.460 e. The molecule has 0 bridgehead atoms. The van der Waals surface area contributed by atoms with Crippen LogP contribution < -0.4 is 5.32 Å². The molecule has 4 nitrogen and oxygen atoms in total. The van der Waals surface area contributed by atoms with E-state index < -0.39 is 12.0 Å². The average Bonchev–Trinajstić information content (AvgIpc) is 2.13. The normalized spacial score (nSPS) is 12.2. The van der Waals surface area contributed by atoms with Crippen LogP contribution in [0.1, 0.15) is 20.3 Å². The Labute approximate surface area is 85.5 Å². The van der Waals surface area contributed by atoms with Crippen molar-refractivity contribution < 1.29 is 9.53 Å². The van der Waals surface area contributed by atoms with Crippen molar-refractivity contribution in [1.82, 2.24) is 5.32 Å². The molecule has 0 aromatic carbocycles. The lowest BCUT2D eigenvalue weighted by molar-refractivity contribution is -0.144. The fraction of sp³-hybridized carbons (Fsp3) is 0.800. The summed E-state index contributed by atoms with van der Waals surface area (Å²) in [5, 5.41) is 2.78. The zero-order valence-corrected chi connectivity index (χ0v) is 9.04. The van der Waals surface area contributed by atoms with Crippen molar-refractivity contribution in [3.8, 4) is 0 Å². The van der Waals surface area contributed by atoms with Gasteiger partial charge in [0.25, 0.3) is 0 Å². The Morgan fingerprint density at radius 3 is 2.64 bits per heavy atom. The Hall–Kier alpha value is -1.08. The Kier molecular flexibility index (Phi) is 6.77. The molecule has 80 valence electrons. The van der Waals surface area contributed by atoms with Gasteiger partial charge in [-0.15, -0.1) is 0 Å². The van der Waals surface area contributed by atoms with Crippen LogP contribution in [0.5, 0.6) is 0 Å². The monoisotopic (exact) mass is 198 g/mol. The van der Waals surface area contributed by atoms with E-state index >= 15 is 0 Å². The van der Waals surface area contributed by atoms with E-state index in [0.717, 1.165) is 6.42 Å². The molecule has 0 aliphatic carbocycles. The fourth-order valence-electron chi connectivity index (χ4n) is 0.866. The molecule has 0 rings (SSSR count). The average molecular weight is 198 g/mol. The van der Waals surface area contributed by atoms with E-state index in [4.69, 9.17) is 11.3 Å². The van der Waals surface area contributed by atoms with Crippen LogP contribution in [0.15, 0.2) is 0 Å². The van der Waals surface area contributed by atoms with Crippen LogP contribution in [0, 0.1) is 12.5 Å². The summed E-state index contributed by atoms with van der Waals surface area (Å²) >= 11 is 0. The molecule has 0 fully saturated rings. The van der Waals surface area contributed by atoms with E-state index in [1.54, 1.807) is 7.05 Å². The minimum atomic E-state index is -0.702. The van der Waals surface area contributed by atoms with E-state index in [9.17, 15) is 4.79 Å². The molecular formula is C10H18N2O2. The van der Waals surface area contributed by atoms with Gasteiger partial charge >= 0.3 is 12.0 Å². The van der Waals surface area contributed by atoms with Crippen molar-refractivity contribution in [2.24, 2.45) is 5.92 Å². The first-order chi connectivity index (χ1) is 6.61. The summed E-state index contributed by atoms with van der Waals surface area (Å²) in [6, 6.07) is -0.702. The lowest BCUT2D eigenvalue weighted by Gasteiger charge is -2.07. The maximum absolute atomic E-state index is 11.3. The number of nitrogens with one attached hydrogen (secondary N) is 1. The van der Waals surface area contributed by atoms with Crippen LogP contribution in [-0.4, -0.2) is 32.2 Å². The van der Waals surface area contributed by atoms with Crippen molar-refractivity contribution in [2.45, 2.75) is 26.3 Å². The highest BCUT2D eigenvalue weighted by molar-refractivity contribution is 5.77. The largest absolute Gasteiger partial charge is 0.460 e. The molecule has 0 saturated heterocycles. The Bertz CT molecular complexity index is 209. The molecule has 0 aromatic heterocycles. The van der Waals surface area contributed by atoms with Gasteiger partial charge in [0.15, 0.2) is 0 Å². The van der Waals surface area contributed by atoms with Crippen molar-refractivity contribution in [3.05, 3.63) is 11.4 Å². The van der Waals surface area contributed by atoms with E-state index in [1.165, 1.54) is 0 Å². The lowest BCUT2D eigenvalue weighted by atomic mass is 10.1. The molecule has 0 aromatic rings. The summed E-state index contributed by atoms with van der Waals surface area (Å²) in [7, 11) is 1.71. The number of hydrogen-bond donors (Lipinski definition) is 1. The Balaban J connectivity index is 3.77. The first-order valence-electron chi connectivity index (χ1n) is 4.79. The maximum Gasteiger partial charge on any atom is 0.391 e. The van der Waals surface area contributed by atoms with E-state index in [-0.39, 0.29) is 0 Å². The number of rotatable bonds is 6. The van der Waals surface area contributed by atoms with Gasteiger partial charge in [-0.05, 0) is 19.4 Å². The molecule has 1 N–H and O–H groups in total. The summed E-state index contributed by atoms with van der Waals surface area (Å²) < 4.78 is 4.97. The predicted molar refractivity (Wildman–Crippen MR) is 54.7 cm³/mol. The summed E-state index contributed by atoms with van der Waals surface area (Å²) in [5.74, 6) is 0.0912. The predicted octanol–water partition coefficient (Wildman–Crippen LogP) is 1.08. The third-order valence-electron chi connectivity index (χ3n) is 1.76. The number of likely N-dealkylation sites (N-methyl/N-ethyl adjacent to an activating group) is 1. The highest BCUT2D eigenvalue weighted by atomic mass is 16.5. The van der Waals surface area contributed by atoms with Gasteiger partial charge in [-0.25, -0.2) is 11.4 Å². The first kappa shape index (κ1) is 12.9. The summed E-state index contributed by atoms with van der Waals surface area (Å²) in [6.45, 7) is 11.7. The van der Waals surface area contributed by atoms with Crippen LogP contribution in [-0.2, 0) is 9.53 Å². The molecule has 0 aliphatic heterocycles. The number of ether oxygens (including phenoxy) is 1. The second kappa shape index (κ2) is 7.34. The van der Waals surface area contributed by atoms with Crippen LogP contribution in [0.4, 0.5) is 0 Å². The number of esters is 1. The quantitative estimate of drug-likeness (QED) is 0.513. The zero-order chi connectivity index (χ0) is 11.0. The highest BCUT2D eigenvalue weighted by Crippen LogP contribution is 2.01. The standard InChI is InChI=1S/C10H18N2O2/c1-8(2)5-6-14-10(13)9(12-4)7-11-3/h8-9,11H,5-7H2,1-3H3. The third kappa shape index (κ3) is 5.55. The van der Waals surface area contributed by atoms with Crippen molar-refractivity contribution in [1.29, 1.82) is 0 Å². The number of carbonyl (C=O) groups excluding carboxylic acids is 1. The summed E-state index contributed by atoms with van der Waals surface area (Å²) in [6.07, 6.45) is 0.843. The maximum atomic E-state index is 11.3. The zero-order valence-electron chi connectivity index (χ0n) is 9.04. The second-order valence-electron chi connectivity index (χ2n) is 3.55. The molecule has 14 heavy (non-hydrogen) atoms. The molecule has 0 amide bonds. The van der Waals surface area contributed by atoms with Gasteiger partial charge in [0.05, 0.1) is 13.2 Å². The second-order valence-corrected chi connectivity index (χ2v) is 3.55. The molecule has 0 radical (unpaired) electrons. The van der Waals surface area contributed by atoms with Crippen LogP contribution in [0.3, 0.4) is 0 Å². The van der Waals surface area contributed by atoms with Crippen LogP contribution >= 0.6 is 0 Å². The number of nitrogens with zero attached hydrogens (tertiary/aromatic N) is 1. The van der Waals surface area contributed by atoms with Crippen LogP contribution in [0.2, 0.25) is 0 Å². The van der Waals surface area contributed by atoms with Gasteiger partial charge in [-0.3, -0.25) is 4.85 Å². The van der Waals surface area contributed by atoms with E-state index in [0.29, 0.717) is 19.1 Å². The summed E-state index contributed by atoms with van der Waals surface area (Å²) in [5.41, 5.74) is 0. The molecule has 1 atom stereocenters. The van der Waals surface area contributed by atoms with Gasteiger partial charge in [0.2, 0.25) is 0 Å². The van der Waals surface area contributed by atoms with E-state index in [2.05, 4.69) is 24.0 Å². The van der Waals surface area contributed by atoms with Gasteiger partial charge in [0, 0.05) is 0 Å². The molecule has 1 unspecified atom stereocenters. The number of carbonyl (C=O) groups is 1. The van der Waals surface area contributed by atoms with Gasteiger partial charge in [-0.2, -0.15) is 0 Å². The lowest BCUT2D eigenvalue weighted by Crippen LogP contribution is -2.30. The van der Waals surface area contributed by atoms with E-state index in [1.807, 2.05) is 0 Å². The van der Waals surface area contributed by atoms with Crippen molar-refractivity contribution >= 4 is 5.97 Å². The summed E-state index contributed by atoms with van der Waals surface area (Å²) in [4.78, 5) is 14.5. The first-order valence-corrected chi connectivity index (χ1v) is 4.79. The molecule has 4 heteroatoms. The third-order valence-corrected chi connectivity index (χ3v) is 1.76. The Morgan fingerprint density at radius 2 is 2.21 bits per heavy atom. The van der Waals surface area contributed by atoms with Gasteiger partial charge < -0.3 is 10.1 Å². The molecule has 0 saturated carbocycles. The van der Waals surface area contributed by atoms with Crippen molar-refractivity contribution in [3.63, 3.8) is 0 Å². The highest BCUT2D eigenvalue weighted by Gasteiger charge is 2.23. The minimum absolute atomic E-state index is 0.351. The number of hydrogen-bond acceptors (Lipinski definition) is 3. The topological polar surface area (TPSA) is 42.7 Å². The van der Waals surface area contributed by atoms with Gasteiger partial charge in [-0.1, -0.05) is 13.8 Å². The van der Waals surface area contributed by atoms with Crippen molar-refractivity contribution in [2.75, 3.05) is 20.2 Å². The molecule has 0 heterocycles.